The SMILES string of the molecule is C=C/C=C/C/C=C/C=C/CC=C. The maximum absolute atomic E-state index is 3.62. The molecule has 0 aromatic rings. The average Bonchev–Trinajstić information content (AvgIpc) is 2.10. The second-order valence-corrected chi connectivity index (χ2v) is 2.28. The first-order valence-electron chi connectivity index (χ1n) is 4.12. The highest BCUT2D eigenvalue weighted by Gasteiger charge is 1.67. The first kappa shape index (κ1) is 10.7. The Kier molecular flexibility index (Phi) is 8.65. The molecule has 0 saturated heterocycles. The molecule has 0 heteroatoms. The number of allylic oxidation sites excluding steroid dienone is 8. The summed E-state index contributed by atoms with van der Waals surface area (Å²) in [7, 11) is 0. The van der Waals surface area contributed by atoms with Gasteiger partial charge >= 0.3 is 0 Å². The van der Waals surface area contributed by atoms with Crippen molar-refractivity contribution in [3.8, 4) is 0 Å². The van der Waals surface area contributed by atoms with Gasteiger partial charge in [-0.25, -0.2) is 0 Å². The van der Waals surface area contributed by atoms with Crippen LogP contribution >= 0.6 is 0 Å². The van der Waals surface area contributed by atoms with Gasteiger partial charge in [0.25, 0.3) is 0 Å². The van der Waals surface area contributed by atoms with E-state index >= 15 is 0 Å². The zero-order valence-electron chi connectivity index (χ0n) is 7.45. The summed E-state index contributed by atoms with van der Waals surface area (Å²) in [5, 5.41) is 0. The van der Waals surface area contributed by atoms with Crippen LogP contribution in [0.3, 0.4) is 0 Å². The lowest BCUT2D eigenvalue weighted by Crippen LogP contribution is -1.57. The van der Waals surface area contributed by atoms with Crippen LogP contribution in [0.5, 0.6) is 0 Å². The van der Waals surface area contributed by atoms with E-state index in [1.165, 1.54) is 0 Å². The van der Waals surface area contributed by atoms with Crippen molar-refractivity contribution in [3.05, 3.63) is 61.8 Å². The minimum atomic E-state index is 0.937. The van der Waals surface area contributed by atoms with Gasteiger partial charge in [0.1, 0.15) is 0 Å². The summed E-state index contributed by atoms with van der Waals surface area (Å²) in [4.78, 5) is 0. The third-order valence-corrected chi connectivity index (χ3v) is 1.23. The molecule has 0 spiro atoms. The van der Waals surface area contributed by atoms with Gasteiger partial charge in [-0.15, -0.1) is 6.58 Å². The van der Waals surface area contributed by atoms with Crippen LogP contribution in [-0.4, -0.2) is 0 Å². The van der Waals surface area contributed by atoms with Crippen LogP contribution in [-0.2, 0) is 0 Å². The summed E-state index contributed by atoms with van der Waals surface area (Å²) in [5.41, 5.74) is 0. The van der Waals surface area contributed by atoms with Crippen molar-refractivity contribution < 1.29 is 0 Å². The van der Waals surface area contributed by atoms with E-state index in [1.807, 2.05) is 24.3 Å². The number of rotatable bonds is 6. The Bertz CT molecular complexity index is 192. The van der Waals surface area contributed by atoms with Crippen LogP contribution in [0.4, 0.5) is 0 Å². The molecule has 0 heterocycles. The van der Waals surface area contributed by atoms with Gasteiger partial charge in [0.05, 0.1) is 0 Å². The Morgan fingerprint density at radius 1 is 0.750 bits per heavy atom. The van der Waals surface area contributed by atoms with E-state index < -0.39 is 0 Å². The van der Waals surface area contributed by atoms with E-state index in [0.717, 1.165) is 12.8 Å². The Labute approximate surface area is 75.3 Å². The Morgan fingerprint density at radius 2 is 1.33 bits per heavy atom. The summed E-state index contributed by atoms with van der Waals surface area (Å²) in [6.45, 7) is 7.20. The van der Waals surface area contributed by atoms with E-state index in [4.69, 9.17) is 0 Å². The number of hydrogen-bond donors (Lipinski definition) is 0. The fourth-order valence-corrected chi connectivity index (χ4v) is 0.664. The molecule has 0 nitrogen and oxygen atoms in total. The van der Waals surface area contributed by atoms with Gasteiger partial charge in [-0.05, 0) is 12.8 Å². The fraction of sp³-hybridized carbons (Fsp3) is 0.167. The lowest BCUT2D eigenvalue weighted by Gasteiger charge is -1.78. The van der Waals surface area contributed by atoms with Gasteiger partial charge < -0.3 is 0 Å². The summed E-state index contributed by atoms with van der Waals surface area (Å²) < 4.78 is 0. The molecule has 0 unspecified atom stereocenters. The lowest BCUT2D eigenvalue weighted by molar-refractivity contribution is 1.38. The largest absolute Gasteiger partial charge is 0.103 e. The second-order valence-electron chi connectivity index (χ2n) is 2.28. The van der Waals surface area contributed by atoms with Gasteiger partial charge in [0.2, 0.25) is 0 Å². The minimum absolute atomic E-state index is 0.937. The summed E-state index contributed by atoms with van der Waals surface area (Å²) in [6.07, 6.45) is 17.8. The molecule has 0 fully saturated rings. The van der Waals surface area contributed by atoms with Crippen LogP contribution < -0.4 is 0 Å². The average molecular weight is 160 g/mol. The maximum atomic E-state index is 3.62. The molecule has 0 aliphatic rings. The standard InChI is InChI=1S/C12H16/c1-3-5-7-9-11-12-10-8-6-4-2/h3-5,7-8,10-12H,1-2,6,9H2/b7-5+,10-8+,12-11+. The summed E-state index contributed by atoms with van der Waals surface area (Å²) in [6, 6.07) is 0. The van der Waals surface area contributed by atoms with E-state index in [0.29, 0.717) is 0 Å². The predicted molar refractivity (Wildman–Crippen MR) is 57.0 cm³/mol. The molecule has 0 aromatic carbocycles. The van der Waals surface area contributed by atoms with Crippen molar-refractivity contribution in [1.29, 1.82) is 0 Å². The smallest absolute Gasteiger partial charge is 0.0163 e. The quantitative estimate of drug-likeness (QED) is 0.409. The van der Waals surface area contributed by atoms with Gasteiger partial charge in [0.15, 0.2) is 0 Å². The molecular formula is C12H16. The molecule has 12 heavy (non-hydrogen) atoms. The van der Waals surface area contributed by atoms with Crippen molar-refractivity contribution in [2.75, 3.05) is 0 Å². The zero-order chi connectivity index (χ0) is 9.07. The zero-order valence-corrected chi connectivity index (χ0v) is 7.45. The molecule has 0 aromatic heterocycles. The van der Waals surface area contributed by atoms with E-state index in [2.05, 4.69) is 31.4 Å². The molecule has 0 atom stereocenters. The van der Waals surface area contributed by atoms with Crippen LogP contribution in [0, 0.1) is 0 Å². The molecule has 0 N–H and O–H groups in total. The van der Waals surface area contributed by atoms with Crippen molar-refractivity contribution in [2.24, 2.45) is 0 Å². The minimum Gasteiger partial charge on any atom is -0.103 e. The summed E-state index contributed by atoms with van der Waals surface area (Å²) in [5.74, 6) is 0. The van der Waals surface area contributed by atoms with E-state index in [-0.39, 0.29) is 0 Å². The highest BCUT2D eigenvalue weighted by atomic mass is 13.7. The second kappa shape index (κ2) is 9.70. The molecular weight excluding hydrogens is 144 g/mol. The monoisotopic (exact) mass is 160 g/mol. The molecule has 0 aliphatic carbocycles. The topological polar surface area (TPSA) is 0 Å². The molecule has 0 bridgehead atoms. The Morgan fingerprint density at radius 3 is 1.92 bits per heavy atom. The highest BCUT2D eigenvalue weighted by Crippen LogP contribution is 1.89. The van der Waals surface area contributed by atoms with Crippen LogP contribution in [0.25, 0.3) is 0 Å². The lowest BCUT2D eigenvalue weighted by atomic mass is 10.3. The normalized spacial score (nSPS) is 11.7. The molecule has 64 valence electrons. The molecule has 0 radical (unpaired) electrons. The third-order valence-electron chi connectivity index (χ3n) is 1.23. The van der Waals surface area contributed by atoms with Crippen LogP contribution in [0.2, 0.25) is 0 Å². The third kappa shape index (κ3) is 8.70. The molecule has 0 aliphatic heterocycles. The first-order valence-corrected chi connectivity index (χ1v) is 4.12. The number of hydrogen-bond acceptors (Lipinski definition) is 0. The molecule has 0 rings (SSSR count). The highest BCUT2D eigenvalue weighted by molar-refractivity contribution is 5.07. The molecule has 0 saturated carbocycles. The van der Waals surface area contributed by atoms with E-state index in [9.17, 15) is 0 Å². The van der Waals surface area contributed by atoms with Crippen molar-refractivity contribution >= 4 is 0 Å². The fourth-order valence-electron chi connectivity index (χ4n) is 0.664. The predicted octanol–water partition coefficient (Wildman–Crippen LogP) is 3.81. The van der Waals surface area contributed by atoms with Crippen molar-refractivity contribution in [3.63, 3.8) is 0 Å². The molecule has 0 amide bonds. The van der Waals surface area contributed by atoms with Gasteiger partial charge in [0, 0.05) is 0 Å². The summed E-state index contributed by atoms with van der Waals surface area (Å²) >= 11 is 0. The van der Waals surface area contributed by atoms with Crippen molar-refractivity contribution in [2.45, 2.75) is 12.8 Å². The van der Waals surface area contributed by atoms with Crippen LogP contribution in [0.15, 0.2) is 61.8 Å². The van der Waals surface area contributed by atoms with Gasteiger partial charge in [-0.2, -0.15) is 0 Å². The Balaban J connectivity index is 3.42. The maximum Gasteiger partial charge on any atom is -0.0163 e. The van der Waals surface area contributed by atoms with Crippen molar-refractivity contribution in [1.82, 2.24) is 0 Å². The van der Waals surface area contributed by atoms with Gasteiger partial charge in [-0.1, -0.05) is 55.2 Å². The van der Waals surface area contributed by atoms with Gasteiger partial charge in [-0.3, -0.25) is 0 Å². The first-order chi connectivity index (χ1) is 5.91. The van der Waals surface area contributed by atoms with Crippen LogP contribution in [0.1, 0.15) is 12.8 Å². The van der Waals surface area contributed by atoms with E-state index in [1.54, 1.807) is 6.08 Å². The Hall–Kier alpha value is -1.30.